The second kappa shape index (κ2) is 10.9. The van der Waals surface area contributed by atoms with Gasteiger partial charge in [0.25, 0.3) is 0 Å². The van der Waals surface area contributed by atoms with Crippen molar-refractivity contribution in [1.29, 1.82) is 0 Å². The van der Waals surface area contributed by atoms with Gasteiger partial charge in [-0.05, 0) is 44.4 Å². The third-order valence-electron chi connectivity index (χ3n) is 8.93. The van der Waals surface area contributed by atoms with E-state index in [0.29, 0.717) is 19.6 Å². The van der Waals surface area contributed by atoms with Crippen LogP contribution in [0, 0.1) is 17.8 Å². The predicted molar refractivity (Wildman–Crippen MR) is 137 cm³/mol. The molecule has 0 aromatic rings. The molecule has 5 aliphatic rings. The van der Waals surface area contributed by atoms with Crippen LogP contribution in [0.5, 0.6) is 0 Å². The molecule has 5 rings (SSSR count). The molecule has 4 aliphatic heterocycles. The molecular formula is C29H42N2O6. The van der Waals surface area contributed by atoms with Crippen molar-refractivity contribution < 1.29 is 29.0 Å². The Morgan fingerprint density at radius 3 is 2.57 bits per heavy atom. The lowest BCUT2D eigenvalue weighted by Crippen LogP contribution is -2.59. The highest BCUT2D eigenvalue weighted by Crippen LogP contribution is 2.54. The van der Waals surface area contributed by atoms with Crippen LogP contribution in [0.2, 0.25) is 0 Å². The summed E-state index contributed by atoms with van der Waals surface area (Å²) in [5.41, 5.74) is -1.27. The summed E-state index contributed by atoms with van der Waals surface area (Å²) in [5.74, 6) is -2.34. The zero-order valence-electron chi connectivity index (χ0n) is 22.2. The van der Waals surface area contributed by atoms with E-state index in [2.05, 4.69) is 0 Å². The van der Waals surface area contributed by atoms with E-state index in [1.807, 2.05) is 43.1 Å². The molecule has 1 N–H and O–H groups in total. The van der Waals surface area contributed by atoms with E-state index in [4.69, 9.17) is 9.47 Å². The number of nitrogens with zero attached hydrogens (tertiary/aromatic N) is 2. The van der Waals surface area contributed by atoms with Crippen molar-refractivity contribution in [3.8, 4) is 0 Å². The van der Waals surface area contributed by atoms with E-state index in [1.165, 1.54) is 6.42 Å². The van der Waals surface area contributed by atoms with Crippen LogP contribution in [-0.2, 0) is 23.9 Å². The Kier molecular flexibility index (Phi) is 7.78. The molecule has 0 bridgehead atoms. The van der Waals surface area contributed by atoms with Crippen LogP contribution in [-0.4, -0.2) is 82.3 Å². The number of fused-ring (bicyclic) bond motifs is 2. The number of aliphatic hydroxyl groups is 1. The molecule has 0 radical (unpaired) electrons. The first kappa shape index (κ1) is 26.4. The van der Waals surface area contributed by atoms with Crippen molar-refractivity contribution in [3.05, 3.63) is 24.3 Å². The maximum absolute atomic E-state index is 14.5. The largest absolute Gasteiger partial charge is 0.465 e. The molecule has 8 heteroatoms. The number of hydrogen-bond acceptors (Lipinski definition) is 6. The van der Waals surface area contributed by atoms with Gasteiger partial charge in [0, 0.05) is 12.6 Å². The number of cyclic esters (lactones) is 1. The average Bonchev–Trinajstić information content (AvgIpc) is 3.28. The molecule has 4 heterocycles. The van der Waals surface area contributed by atoms with Gasteiger partial charge in [0.05, 0.1) is 31.3 Å². The molecule has 2 amide bonds. The van der Waals surface area contributed by atoms with Crippen molar-refractivity contribution in [2.24, 2.45) is 17.8 Å². The van der Waals surface area contributed by atoms with Crippen LogP contribution in [0.15, 0.2) is 24.3 Å². The van der Waals surface area contributed by atoms with Crippen molar-refractivity contribution in [2.75, 3.05) is 19.8 Å². The fourth-order valence-electron chi connectivity index (χ4n) is 7.31. The van der Waals surface area contributed by atoms with Crippen LogP contribution in [0.4, 0.5) is 0 Å². The zero-order chi connectivity index (χ0) is 26.2. The molecule has 204 valence electrons. The van der Waals surface area contributed by atoms with Gasteiger partial charge in [0.2, 0.25) is 11.8 Å². The molecule has 1 saturated carbocycles. The molecule has 0 aromatic heterocycles. The smallest absolute Gasteiger partial charge is 0.312 e. The predicted octanol–water partition coefficient (Wildman–Crippen LogP) is 2.99. The third-order valence-corrected chi connectivity index (χ3v) is 8.93. The summed E-state index contributed by atoms with van der Waals surface area (Å²) in [5, 5.41) is 10.4. The summed E-state index contributed by atoms with van der Waals surface area (Å²) in [6.07, 6.45) is 15.4. The molecule has 37 heavy (non-hydrogen) atoms. The van der Waals surface area contributed by atoms with Gasteiger partial charge >= 0.3 is 5.97 Å². The molecule has 2 saturated heterocycles. The van der Waals surface area contributed by atoms with Gasteiger partial charge < -0.3 is 24.4 Å². The molecule has 1 unspecified atom stereocenters. The first-order chi connectivity index (χ1) is 17.9. The van der Waals surface area contributed by atoms with E-state index in [9.17, 15) is 19.5 Å². The fraction of sp³-hybridized carbons (Fsp3) is 0.759. The quantitative estimate of drug-likeness (QED) is 0.448. The van der Waals surface area contributed by atoms with Gasteiger partial charge in [0.1, 0.15) is 17.6 Å². The van der Waals surface area contributed by atoms with E-state index in [0.717, 1.165) is 44.9 Å². The first-order valence-electron chi connectivity index (χ1n) is 14.3. The van der Waals surface area contributed by atoms with Gasteiger partial charge in [-0.25, -0.2) is 0 Å². The van der Waals surface area contributed by atoms with Gasteiger partial charge in [-0.2, -0.15) is 0 Å². The highest BCUT2D eigenvalue weighted by molar-refractivity contribution is 5.99. The van der Waals surface area contributed by atoms with Crippen LogP contribution >= 0.6 is 0 Å². The number of carbonyl (C=O) groups excluding carboxylic acids is 3. The number of esters is 1. The Morgan fingerprint density at radius 1 is 1.05 bits per heavy atom. The third kappa shape index (κ3) is 4.65. The minimum Gasteiger partial charge on any atom is -0.465 e. The monoisotopic (exact) mass is 514 g/mol. The van der Waals surface area contributed by atoms with E-state index in [1.54, 1.807) is 4.90 Å². The standard InChI is InChI=1S/C29H42N2O6/c1-19(2)17-21(18-32)31-25-27(34)30(20-11-6-5-7-12-20)15-10-14-29(25)24(26(31)33)23-22(37-29)13-8-3-4-9-16-36-28(23)35/h8,10,13-14,19-25,32H,3-7,9,11-12,15-18H2,1-2H3/b13-8-/t21-,22+,23-,24+,25?,29+/m1/s1. The van der Waals surface area contributed by atoms with Crippen molar-refractivity contribution in [3.63, 3.8) is 0 Å². The molecular weight excluding hydrogens is 472 g/mol. The SMILES string of the molecule is CC(C)C[C@H](CO)N1C(=O)[C@@H]2[C@@H]3C(=O)OCCCC/C=C\[C@@H]3O[C@@]23C=CCN(C2CCCCC2)C(=O)C13. The van der Waals surface area contributed by atoms with Gasteiger partial charge in [-0.1, -0.05) is 57.4 Å². The van der Waals surface area contributed by atoms with Crippen molar-refractivity contribution in [1.82, 2.24) is 9.80 Å². The summed E-state index contributed by atoms with van der Waals surface area (Å²) < 4.78 is 12.3. The second-order valence-electron chi connectivity index (χ2n) is 11.8. The second-order valence-corrected chi connectivity index (χ2v) is 11.8. The topological polar surface area (TPSA) is 96.4 Å². The van der Waals surface area contributed by atoms with E-state index in [-0.39, 0.29) is 30.4 Å². The highest BCUT2D eigenvalue weighted by Gasteiger charge is 2.72. The van der Waals surface area contributed by atoms with Crippen LogP contribution in [0.3, 0.4) is 0 Å². The molecule has 0 aromatic carbocycles. The maximum atomic E-state index is 14.5. The highest BCUT2D eigenvalue weighted by atomic mass is 16.6. The minimum absolute atomic E-state index is 0.127. The number of rotatable bonds is 5. The normalized spacial score (nSPS) is 36.6. The number of allylic oxidation sites excluding steroid dienone is 1. The number of ether oxygens (including phenoxy) is 2. The van der Waals surface area contributed by atoms with Gasteiger partial charge in [0.15, 0.2) is 0 Å². The maximum Gasteiger partial charge on any atom is 0.312 e. The molecule has 1 aliphatic carbocycles. The fourth-order valence-corrected chi connectivity index (χ4v) is 7.31. The number of amides is 2. The first-order valence-corrected chi connectivity index (χ1v) is 14.3. The van der Waals surface area contributed by atoms with Gasteiger partial charge in [-0.15, -0.1) is 0 Å². The Labute approximate surface area is 220 Å². The number of aliphatic hydroxyl groups excluding tert-OH is 1. The lowest BCUT2D eigenvalue weighted by Gasteiger charge is -2.41. The van der Waals surface area contributed by atoms with Crippen molar-refractivity contribution >= 4 is 17.8 Å². The minimum atomic E-state index is -1.27. The van der Waals surface area contributed by atoms with Crippen LogP contribution < -0.4 is 0 Å². The summed E-state index contributed by atoms with van der Waals surface area (Å²) >= 11 is 0. The molecule has 1 spiro atoms. The lowest BCUT2D eigenvalue weighted by atomic mass is 9.77. The Balaban J connectivity index is 1.60. The molecule has 8 nitrogen and oxygen atoms in total. The molecule has 6 atom stereocenters. The van der Waals surface area contributed by atoms with Crippen molar-refractivity contribution in [2.45, 2.75) is 101 Å². The Bertz CT molecular complexity index is 941. The van der Waals surface area contributed by atoms with Crippen LogP contribution in [0.1, 0.15) is 71.6 Å². The Hall–Kier alpha value is -2.19. The van der Waals surface area contributed by atoms with Gasteiger partial charge in [-0.3, -0.25) is 14.4 Å². The summed E-state index contributed by atoms with van der Waals surface area (Å²) in [6.45, 7) is 4.61. The van der Waals surface area contributed by atoms with E-state index < -0.39 is 41.6 Å². The average molecular weight is 515 g/mol. The summed E-state index contributed by atoms with van der Waals surface area (Å²) in [4.78, 5) is 45.7. The summed E-state index contributed by atoms with van der Waals surface area (Å²) in [7, 11) is 0. The number of hydrogen-bond donors (Lipinski definition) is 1. The molecule has 3 fully saturated rings. The van der Waals surface area contributed by atoms with Crippen LogP contribution in [0.25, 0.3) is 0 Å². The lowest BCUT2D eigenvalue weighted by molar-refractivity contribution is -0.157. The number of carbonyl (C=O) groups is 3. The zero-order valence-corrected chi connectivity index (χ0v) is 22.2. The number of likely N-dealkylation sites (tertiary alicyclic amines) is 1. The van der Waals surface area contributed by atoms with E-state index >= 15 is 0 Å². The Morgan fingerprint density at radius 2 is 1.84 bits per heavy atom. The summed E-state index contributed by atoms with van der Waals surface area (Å²) in [6, 6.07) is -1.32.